The molecule has 1 rings (SSSR count). The Balaban J connectivity index is 2.89. The molecular weight excluding hydrogens is 316 g/mol. The molecule has 5 nitrogen and oxygen atoms in total. The van der Waals surface area contributed by atoms with Crippen LogP contribution < -0.4 is 15.0 Å². The molecule has 0 radical (unpaired) electrons. The van der Waals surface area contributed by atoms with Crippen molar-refractivity contribution in [3.8, 4) is 5.75 Å². The van der Waals surface area contributed by atoms with Crippen LogP contribution in [0.25, 0.3) is 0 Å². The molecule has 0 spiro atoms. The zero-order valence-electron chi connectivity index (χ0n) is 14.2. The summed E-state index contributed by atoms with van der Waals surface area (Å²) in [6.45, 7) is 5.95. The molecule has 128 valence electrons. The highest BCUT2D eigenvalue weighted by Gasteiger charge is 2.20. The number of aryl methyl sites for hydroxylation is 1. The summed E-state index contributed by atoms with van der Waals surface area (Å²) < 4.78 is 5.30. The van der Waals surface area contributed by atoms with Gasteiger partial charge < -0.3 is 10.1 Å². The third kappa shape index (κ3) is 5.75. The number of nitrogens with zero attached hydrogens (tertiary/aromatic N) is 1. The minimum Gasteiger partial charge on any atom is -0.495 e. The Bertz CT molecular complexity index is 561. The van der Waals surface area contributed by atoms with Gasteiger partial charge in [-0.15, -0.1) is 0 Å². The molecule has 0 aliphatic rings. The number of amides is 2. The maximum Gasteiger partial charge on any atom is 0.240 e. The predicted molar refractivity (Wildman–Crippen MR) is 93.3 cm³/mol. The van der Waals surface area contributed by atoms with E-state index in [1.54, 1.807) is 12.1 Å². The van der Waals surface area contributed by atoms with E-state index in [1.807, 2.05) is 6.92 Å². The van der Waals surface area contributed by atoms with Crippen LogP contribution in [0.3, 0.4) is 0 Å². The standard InChI is InChI=1S/C17H25ClN2O3/c1-5-6-7-8-19-17(22)11-20(13(3)21)15-9-12(2)14(18)10-16(15)23-4/h9-10H,5-8,11H2,1-4H3,(H,19,22). The van der Waals surface area contributed by atoms with Crippen LogP contribution in [-0.4, -0.2) is 32.0 Å². The molecule has 0 atom stereocenters. The first-order valence-electron chi connectivity index (χ1n) is 7.79. The van der Waals surface area contributed by atoms with E-state index in [2.05, 4.69) is 12.2 Å². The quantitative estimate of drug-likeness (QED) is 0.738. The fourth-order valence-electron chi connectivity index (χ4n) is 2.19. The lowest BCUT2D eigenvalue weighted by Crippen LogP contribution is -2.40. The smallest absolute Gasteiger partial charge is 0.240 e. The SMILES string of the molecule is CCCCCNC(=O)CN(C(C)=O)c1cc(C)c(Cl)cc1OC. The number of hydrogen-bond donors (Lipinski definition) is 1. The highest BCUT2D eigenvalue weighted by molar-refractivity contribution is 6.31. The molecule has 1 aromatic rings. The molecule has 0 fully saturated rings. The van der Waals surface area contributed by atoms with Gasteiger partial charge in [-0.2, -0.15) is 0 Å². The normalized spacial score (nSPS) is 10.3. The third-order valence-electron chi connectivity index (χ3n) is 3.54. The van der Waals surface area contributed by atoms with Crippen LogP contribution in [0.15, 0.2) is 12.1 Å². The average Bonchev–Trinajstić information content (AvgIpc) is 2.51. The molecule has 0 saturated carbocycles. The number of hydrogen-bond acceptors (Lipinski definition) is 3. The molecule has 1 N–H and O–H groups in total. The lowest BCUT2D eigenvalue weighted by Gasteiger charge is -2.23. The van der Waals surface area contributed by atoms with Crippen molar-refractivity contribution in [1.29, 1.82) is 0 Å². The number of unbranched alkanes of at least 4 members (excludes halogenated alkanes) is 2. The molecule has 0 unspecified atom stereocenters. The molecule has 2 amide bonds. The maximum atomic E-state index is 12.1. The van der Waals surface area contributed by atoms with Crippen molar-refractivity contribution in [2.75, 3.05) is 25.1 Å². The Morgan fingerprint density at radius 1 is 1.30 bits per heavy atom. The summed E-state index contributed by atoms with van der Waals surface area (Å²) in [7, 11) is 1.51. The minimum absolute atomic E-state index is 0.0428. The zero-order valence-corrected chi connectivity index (χ0v) is 15.0. The second kappa shape index (κ2) is 9.40. The van der Waals surface area contributed by atoms with Crippen molar-refractivity contribution in [2.24, 2.45) is 0 Å². The van der Waals surface area contributed by atoms with Crippen LogP contribution in [0.5, 0.6) is 5.75 Å². The van der Waals surface area contributed by atoms with Crippen LogP contribution in [0.2, 0.25) is 5.02 Å². The number of anilines is 1. The molecule has 0 aliphatic heterocycles. The fraction of sp³-hybridized carbons (Fsp3) is 0.529. The summed E-state index contributed by atoms with van der Waals surface area (Å²) in [5, 5.41) is 3.39. The van der Waals surface area contributed by atoms with E-state index in [0.29, 0.717) is 23.0 Å². The van der Waals surface area contributed by atoms with Gasteiger partial charge in [-0.3, -0.25) is 14.5 Å². The van der Waals surface area contributed by atoms with E-state index in [4.69, 9.17) is 16.3 Å². The van der Waals surface area contributed by atoms with Gasteiger partial charge in [0.25, 0.3) is 0 Å². The second-order valence-corrected chi connectivity index (χ2v) is 5.84. The monoisotopic (exact) mass is 340 g/mol. The minimum atomic E-state index is -0.228. The Hall–Kier alpha value is -1.75. The van der Waals surface area contributed by atoms with E-state index in [1.165, 1.54) is 18.9 Å². The summed E-state index contributed by atoms with van der Waals surface area (Å²) in [6, 6.07) is 3.41. The highest BCUT2D eigenvalue weighted by Crippen LogP contribution is 2.33. The fourth-order valence-corrected chi connectivity index (χ4v) is 2.34. The third-order valence-corrected chi connectivity index (χ3v) is 3.94. The first-order valence-corrected chi connectivity index (χ1v) is 8.17. The van der Waals surface area contributed by atoms with Gasteiger partial charge in [0.1, 0.15) is 12.3 Å². The van der Waals surface area contributed by atoms with Crippen LogP contribution in [0.4, 0.5) is 5.69 Å². The molecule has 0 heterocycles. The maximum absolute atomic E-state index is 12.1. The predicted octanol–water partition coefficient (Wildman–Crippen LogP) is 3.32. The first-order chi connectivity index (χ1) is 10.9. The largest absolute Gasteiger partial charge is 0.495 e. The van der Waals surface area contributed by atoms with Crippen molar-refractivity contribution in [1.82, 2.24) is 5.32 Å². The van der Waals surface area contributed by atoms with Crippen molar-refractivity contribution >= 4 is 29.1 Å². The number of carbonyl (C=O) groups is 2. The second-order valence-electron chi connectivity index (χ2n) is 5.44. The molecular formula is C17H25ClN2O3. The molecule has 1 aromatic carbocycles. The lowest BCUT2D eigenvalue weighted by atomic mass is 10.2. The van der Waals surface area contributed by atoms with Gasteiger partial charge >= 0.3 is 0 Å². The number of nitrogens with one attached hydrogen (secondary N) is 1. The van der Waals surface area contributed by atoms with Gasteiger partial charge in [0.15, 0.2) is 0 Å². The van der Waals surface area contributed by atoms with E-state index in [0.717, 1.165) is 24.8 Å². The van der Waals surface area contributed by atoms with E-state index < -0.39 is 0 Å². The van der Waals surface area contributed by atoms with Gasteiger partial charge in [-0.25, -0.2) is 0 Å². The van der Waals surface area contributed by atoms with Crippen molar-refractivity contribution in [3.05, 3.63) is 22.7 Å². The summed E-state index contributed by atoms with van der Waals surface area (Å²) >= 11 is 6.09. The number of benzene rings is 1. The van der Waals surface area contributed by atoms with Crippen molar-refractivity contribution in [3.63, 3.8) is 0 Å². The Morgan fingerprint density at radius 2 is 2.00 bits per heavy atom. The summed E-state index contributed by atoms with van der Waals surface area (Å²) in [6.07, 6.45) is 3.10. The number of carbonyl (C=O) groups excluding carboxylic acids is 2. The number of halogens is 1. The molecule has 0 bridgehead atoms. The van der Waals surface area contributed by atoms with Gasteiger partial charge in [-0.05, 0) is 25.0 Å². The van der Waals surface area contributed by atoms with Crippen LogP contribution in [0, 0.1) is 6.92 Å². The van der Waals surface area contributed by atoms with Gasteiger partial charge in [0.05, 0.1) is 12.8 Å². The number of ether oxygens (including phenoxy) is 1. The van der Waals surface area contributed by atoms with Crippen LogP contribution >= 0.6 is 11.6 Å². The Kier molecular flexibility index (Phi) is 7.89. The summed E-state index contributed by atoms with van der Waals surface area (Å²) in [4.78, 5) is 25.5. The topological polar surface area (TPSA) is 58.6 Å². The molecule has 0 aliphatic carbocycles. The average molecular weight is 341 g/mol. The van der Waals surface area contributed by atoms with Gasteiger partial charge in [0, 0.05) is 24.6 Å². The zero-order chi connectivity index (χ0) is 17.4. The molecule has 0 saturated heterocycles. The highest BCUT2D eigenvalue weighted by atomic mass is 35.5. The number of rotatable bonds is 8. The van der Waals surface area contributed by atoms with E-state index >= 15 is 0 Å². The summed E-state index contributed by atoms with van der Waals surface area (Å²) in [5.41, 5.74) is 1.36. The van der Waals surface area contributed by atoms with E-state index in [-0.39, 0.29) is 18.4 Å². The molecule has 23 heavy (non-hydrogen) atoms. The van der Waals surface area contributed by atoms with Crippen molar-refractivity contribution in [2.45, 2.75) is 40.0 Å². The van der Waals surface area contributed by atoms with Crippen LogP contribution in [0.1, 0.15) is 38.7 Å². The summed E-state index contributed by atoms with van der Waals surface area (Å²) in [5.74, 6) is 0.0503. The Morgan fingerprint density at radius 3 is 2.57 bits per heavy atom. The number of methoxy groups -OCH3 is 1. The van der Waals surface area contributed by atoms with Gasteiger partial charge in [-0.1, -0.05) is 31.4 Å². The molecule has 6 heteroatoms. The lowest BCUT2D eigenvalue weighted by molar-refractivity contribution is -0.123. The Labute approximate surface area is 142 Å². The van der Waals surface area contributed by atoms with Crippen molar-refractivity contribution < 1.29 is 14.3 Å². The van der Waals surface area contributed by atoms with Crippen LogP contribution in [-0.2, 0) is 9.59 Å². The van der Waals surface area contributed by atoms with Gasteiger partial charge in [0.2, 0.25) is 11.8 Å². The van der Waals surface area contributed by atoms with E-state index in [9.17, 15) is 9.59 Å². The molecule has 0 aromatic heterocycles. The first kappa shape index (κ1) is 19.3.